The number of hydrogen-bond donors (Lipinski definition) is 1. The van der Waals surface area contributed by atoms with Gasteiger partial charge in [0, 0.05) is 6.42 Å². The highest BCUT2D eigenvalue weighted by Gasteiger charge is 2.11. The molecule has 0 aromatic carbocycles. The molecular weight excluding hydrogens is 166 g/mol. The normalized spacial score (nSPS) is 13.2. The highest BCUT2D eigenvalue weighted by molar-refractivity contribution is 4.87. The third-order valence-corrected chi connectivity index (χ3v) is 1.86. The topological polar surface area (TPSA) is 51.0 Å². The summed E-state index contributed by atoms with van der Waals surface area (Å²) in [6.07, 6.45) is 1.91. The van der Waals surface area contributed by atoms with Crippen molar-refractivity contribution in [2.75, 3.05) is 6.54 Å². The average molecular weight is 183 g/mol. The Morgan fingerprint density at radius 3 is 2.69 bits per heavy atom. The van der Waals surface area contributed by atoms with Gasteiger partial charge in [0.2, 0.25) is 11.8 Å². The van der Waals surface area contributed by atoms with E-state index in [9.17, 15) is 0 Å². The van der Waals surface area contributed by atoms with Gasteiger partial charge in [0.1, 0.15) is 0 Å². The van der Waals surface area contributed by atoms with Gasteiger partial charge in [-0.2, -0.15) is 0 Å². The first-order valence-electron chi connectivity index (χ1n) is 4.83. The average Bonchev–Trinajstić information content (AvgIpc) is 2.62. The zero-order valence-electron chi connectivity index (χ0n) is 8.50. The molecule has 1 unspecified atom stereocenters. The summed E-state index contributed by atoms with van der Waals surface area (Å²) in [7, 11) is 0. The van der Waals surface area contributed by atoms with Crippen LogP contribution in [0.15, 0.2) is 4.42 Å². The Morgan fingerprint density at radius 1 is 1.38 bits per heavy atom. The van der Waals surface area contributed by atoms with Crippen LogP contribution in [0.3, 0.4) is 0 Å². The number of nitrogens with zero attached hydrogens (tertiary/aromatic N) is 2. The lowest BCUT2D eigenvalue weighted by molar-refractivity contribution is 0.395. The van der Waals surface area contributed by atoms with Gasteiger partial charge in [-0.05, 0) is 19.9 Å². The van der Waals surface area contributed by atoms with E-state index >= 15 is 0 Å². The summed E-state index contributed by atoms with van der Waals surface area (Å²) >= 11 is 0. The third-order valence-electron chi connectivity index (χ3n) is 1.86. The summed E-state index contributed by atoms with van der Waals surface area (Å²) in [5.41, 5.74) is 0. The molecular formula is C9H17N3O. The van der Waals surface area contributed by atoms with E-state index < -0.39 is 0 Å². The van der Waals surface area contributed by atoms with Crippen molar-refractivity contribution in [2.45, 2.75) is 39.7 Å². The van der Waals surface area contributed by atoms with Crippen molar-refractivity contribution in [3.8, 4) is 0 Å². The van der Waals surface area contributed by atoms with Gasteiger partial charge in [-0.1, -0.05) is 13.8 Å². The molecule has 1 aromatic heterocycles. The van der Waals surface area contributed by atoms with Gasteiger partial charge in [-0.3, -0.25) is 0 Å². The molecule has 0 saturated heterocycles. The zero-order chi connectivity index (χ0) is 9.68. The van der Waals surface area contributed by atoms with Gasteiger partial charge in [-0.15, -0.1) is 10.2 Å². The zero-order valence-corrected chi connectivity index (χ0v) is 8.50. The van der Waals surface area contributed by atoms with Crippen LogP contribution in [0.4, 0.5) is 0 Å². The summed E-state index contributed by atoms with van der Waals surface area (Å²) < 4.78 is 5.41. The van der Waals surface area contributed by atoms with E-state index in [1.54, 1.807) is 0 Å². The van der Waals surface area contributed by atoms with Gasteiger partial charge < -0.3 is 9.73 Å². The molecule has 1 atom stereocenters. The van der Waals surface area contributed by atoms with Crippen molar-refractivity contribution in [3.05, 3.63) is 11.8 Å². The minimum atomic E-state index is 0.160. The molecule has 0 amide bonds. The fourth-order valence-electron chi connectivity index (χ4n) is 1.03. The van der Waals surface area contributed by atoms with Crippen LogP contribution in [0, 0.1) is 0 Å². The van der Waals surface area contributed by atoms with E-state index in [2.05, 4.69) is 22.4 Å². The minimum absolute atomic E-state index is 0.160. The quantitative estimate of drug-likeness (QED) is 0.754. The van der Waals surface area contributed by atoms with Crippen molar-refractivity contribution < 1.29 is 4.42 Å². The maximum Gasteiger partial charge on any atom is 0.233 e. The van der Waals surface area contributed by atoms with Crippen LogP contribution in [0.2, 0.25) is 0 Å². The number of hydrogen-bond acceptors (Lipinski definition) is 4. The maximum atomic E-state index is 5.41. The van der Waals surface area contributed by atoms with Crippen molar-refractivity contribution in [3.63, 3.8) is 0 Å². The largest absolute Gasteiger partial charge is 0.424 e. The summed E-state index contributed by atoms with van der Waals surface area (Å²) in [5, 5.41) is 11.2. The Morgan fingerprint density at radius 2 is 2.15 bits per heavy atom. The highest BCUT2D eigenvalue weighted by Crippen LogP contribution is 2.10. The molecule has 1 heterocycles. The van der Waals surface area contributed by atoms with Crippen LogP contribution in [0.5, 0.6) is 0 Å². The molecule has 0 radical (unpaired) electrons. The van der Waals surface area contributed by atoms with E-state index in [0.717, 1.165) is 19.4 Å². The van der Waals surface area contributed by atoms with E-state index in [0.29, 0.717) is 11.8 Å². The first-order chi connectivity index (χ1) is 6.27. The van der Waals surface area contributed by atoms with Gasteiger partial charge >= 0.3 is 0 Å². The predicted molar refractivity (Wildman–Crippen MR) is 50.4 cm³/mol. The number of nitrogens with one attached hydrogen (secondary N) is 1. The van der Waals surface area contributed by atoms with Crippen LogP contribution >= 0.6 is 0 Å². The lowest BCUT2D eigenvalue weighted by atomic mass is 10.3. The van der Waals surface area contributed by atoms with Crippen LogP contribution in [0.25, 0.3) is 0 Å². The van der Waals surface area contributed by atoms with Crippen LogP contribution in [-0.4, -0.2) is 16.7 Å². The van der Waals surface area contributed by atoms with E-state index in [4.69, 9.17) is 4.42 Å². The predicted octanol–water partition coefficient (Wildman–Crippen LogP) is 1.69. The molecule has 0 aliphatic carbocycles. The fourth-order valence-corrected chi connectivity index (χ4v) is 1.03. The smallest absolute Gasteiger partial charge is 0.233 e. The summed E-state index contributed by atoms with van der Waals surface area (Å²) in [6, 6.07) is 0.160. The Labute approximate surface area is 78.7 Å². The van der Waals surface area contributed by atoms with Gasteiger partial charge in [-0.25, -0.2) is 0 Å². The third kappa shape index (κ3) is 2.81. The van der Waals surface area contributed by atoms with Gasteiger partial charge in [0.15, 0.2) is 0 Å². The minimum Gasteiger partial charge on any atom is -0.424 e. The summed E-state index contributed by atoms with van der Waals surface area (Å²) in [4.78, 5) is 0. The van der Waals surface area contributed by atoms with Crippen molar-refractivity contribution in [2.24, 2.45) is 0 Å². The molecule has 74 valence electrons. The molecule has 0 saturated carbocycles. The first kappa shape index (κ1) is 10.2. The molecule has 0 fully saturated rings. The van der Waals surface area contributed by atoms with Crippen LogP contribution in [0.1, 0.15) is 45.0 Å². The summed E-state index contributed by atoms with van der Waals surface area (Å²) in [6.45, 7) is 7.14. The standard InChI is InChI=1S/C9H17N3O/c1-4-6-10-7(3)9-12-11-8(5-2)13-9/h7,10H,4-6H2,1-3H3. The monoisotopic (exact) mass is 183 g/mol. The lowest BCUT2D eigenvalue weighted by Crippen LogP contribution is -2.19. The second-order valence-electron chi connectivity index (χ2n) is 3.06. The molecule has 1 aromatic rings. The number of aromatic nitrogens is 2. The van der Waals surface area contributed by atoms with Crippen molar-refractivity contribution in [1.82, 2.24) is 15.5 Å². The fraction of sp³-hybridized carbons (Fsp3) is 0.778. The van der Waals surface area contributed by atoms with Gasteiger partial charge in [0.25, 0.3) is 0 Å². The van der Waals surface area contributed by atoms with E-state index in [1.807, 2.05) is 13.8 Å². The van der Waals surface area contributed by atoms with Crippen molar-refractivity contribution >= 4 is 0 Å². The molecule has 1 N–H and O–H groups in total. The Hall–Kier alpha value is -0.900. The van der Waals surface area contributed by atoms with Crippen molar-refractivity contribution in [1.29, 1.82) is 0 Å². The Bertz CT molecular complexity index is 247. The summed E-state index contributed by atoms with van der Waals surface area (Å²) in [5.74, 6) is 1.39. The molecule has 0 spiro atoms. The second kappa shape index (κ2) is 4.97. The van der Waals surface area contributed by atoms with Gasteiger partial charge in [0.05, 0.1) is 6.04 Å². The Balaban J connectivity index is 2.50. The SMILES string of the molecule is CCCNC(C)c1nnc(CC)o1. The van der Waals surface area contributed by atoms with E-state index in [1.165, 1.54) is 0 Å². The molecule has 13 heavy (non-hydrogen) atoms. The molecule has 0 aliphatic rings. The van der Waals surface area contributed by atoms with E-state index in [-0.39, 0.29) is 6.04 Å². The first-order valence-corrected chi connectivity index (χ1v) is 4.83. The maximum absolute atomic E-state index is 5.41. The second-order valence-corrected chi connectivity index (χ2v) is 3.06. The number of rotatable bonds is 5. The number of aryl methyl sites for hydroxylation is 1. The lowest BCUT2D eigenvalue weighted by Gasteiger charge is -2.07. The molecule has 4 heteroatoms. The molecule has 4 nitrogen and oxygen atoms in total. The molecule has 1 rings (SSSR count). The Kier molecular flexibility index (Phi) is 3.89. The molecule has 0 bridgehead atoms. The van der Waals surface area contributed by atoms with Crippen LogP contribution < -0.4 is 5.32 Å². The highest BCUT2D eigenvalue weighted by atomic mass is 16.4. The van der Waals surface area contributed by atoms with Crippen LogP contribution in [-0.2, 0) is 6.42 Å². The molecule has 0 aliphatic heterocycles.